The highest BCUT2D eigenvalue weighted by Crippen LogP contribution is 2.26. The highest BCUT2D eigenvalue weighted by Gasteiger charge is 2.06. The number of aldehydes is 1. The first-order valence-corrected chi connectivity index (χ1v) is 7.68. The van der Waals surface area contributed by atoms with Crippen LogP contribution in [0.4, 0.5) is 0 Å². The van der Waals surface area contributed by atoms with E-state index in [1.54, 1.807) is 23.1 Å². The SMILES string of the molecule is CC(C)c1nc(CSc2cccc(C=O)c2)cs1. The molecule has 0 bridgehead atoms. The van der Waals surface area contributed by atoms with Gasteiger partial charge in [-0.15, -0.1) is 23.1 Å². The molecule has 0 spiro atoms. The molecule has 0 amide bonds. The molecule has 2 rings (SSSR count). The second-order valence-corrected chi connectivity index (χ2v) is 6.25. The molecule has 0 aliphatic rings. The number of carbonyl (C=O) groups is 1. The monoisotopic (exact) mass is 277 g/mol. The lowest BCUT2D eigenvalue weighted by Gasteiger charge is -2.00. The normalized spacial score (nSPS) is 10.8. The predicted octanol–water partition coefficient (Wildman–Crippen LogP) is 4.37. The average Bonchev–Trinajstić information content (AvgIpc) is 2.85. The highest BCUT2D eigenvalue weighted by atomic mass is 32.2. The number of thiazole rings is 1. The fourth-order valence-corrected chi connectivity index (χ4v) is 3.29. The first-order chi connectivity index (χ1) is 8.69. The molecule has 1 heterocycles. The van der Waals surface area contributed by atoms with Crippen LogP contribution >= 0.6 is 23.1 Å². The molecular weight excluding hydrogens is 262 g/mol. The van der Waals surface area contributed by atoms with E-state index in [9.17, 15) is 4.79 Å². The summed E-state index contributed by atoms with van der Waals surface area (Å²) in [5.41, 5.74) is 1.84. The number of carbonyl (C=O) groups excluding carboxylic acids is 1. The van der Waals surface area contributed by atoms with Crippen molar-refractivity contribution in [3.63, 3.8) is 0 Å². The Morgan fingerprint density at radius 2 is 2.28 bits per heavy atom. The van der Waals surface area contributed by atoms with E-state index in [0.29, 0.717) is 5.92 Å². The van der Waals surface area contributed by atoms with Crippen molar-refractivity contribution in [1.82, 2.24) is 4.98 Å². The van der Waals surface area contributed by atoms with Crippen LogP contribution in [-0.2, 0) is 5.75 Å². The molecular formula is C14H15NOS2. The van der Waals surface area contributed by atoms with Crippen LogP contribution in [0.25, 0.3) is 0 Å². The van der Waals surface area contributed by atoms with Crippen molar-refractivity contribution in [2.45, 2.75) is 30.4 Å². The smallest absolute Gasteiger partial charge is 0.150 e. The van der Waals surface area contributed by atoms with Crippen LogP contribution in [-0.4, -0.2) is 11.3 Å². The molecule has 0 radical (unpaired) electrons. The van der Waals surface area contributed by atoms with Crippen LogP contribution in [0, 0.1) is 0 Å². The van der Waals surface area contributed by atoms with E-state index in [4.69, 9.17) is 0 Å². The summed E-state index contributed by atoms with van der Waals surface area (Å²) < 4.78 is 0. The predicted molar refractivity (Wildman–Crippen MR) is 77.6 cm³/mol. The van der Waals surface area contributed by atoms with Gasteiger partial charge in [0.05, 0.1) is 10.7 Å². The van der Waals surface area contributed by atoms with Gasteiger partial charge in [-0.25, -0.2) is 4.98 Å². The van der Waals surface area contributed by atoms with Crippen molar-refractivity contribution in [3.8, 4) is 0 Å². The Kier molecular flexibility index (Phi) is 4.55. The quantitative estimate of drug-likeness (QED) is 0.600. The van der Waals surface area contributed by atoms with Gasteiger partial charge in [0.15, 0.2) is 0 Å². The number of hydrogen-bond donors (Lipinski definition) is 0. The van der Waals surface area contributed by atoms with Gasteiger partial charge in [-0.05, 0) is 12.1 Å². The Balaban J connectivity index is 1.99. The molecule has 2 aromatic rings. The zero-order chi connectivity index (χ0) is 13.0. The van der Waals surface area contributed by atoms with Crippen molar-refractivity contribution in [2.24, 2.45) is 0 Å². The molecule has 0 aliphatic carbocycles. The van der Waals surface area contributed by atoms with Gasteiger partial charge in [0, 0.05) is 27.5 Å². The molecule has 0 atom stereocenters. The Morgan fingerprint density at radius 1 is 1.44 bits per heavy atom. The molecule has 0 fully saturated rings. The third-order valence-corrected chi connectivity index (χ3v) is 4.67. The summed E-state index contributed by atoms with van der Waals surface area (Å²) >= 11 is 3.43. The van der Waals surface area contributed by atoms with E-state index in [-0.39, 0.29) is 0 Å². The Labute approximate surface area is 115 Å². The largest absolute Gasteiger partial charge is 0.298 e. The van der Waals surface area contributed by atoms with E-state index in [1.165, 1.54) is 5.01 Å². The van der Waals surface area contributed by atoms with Gasteiger partial charge < -0.3 is 0 Å². The second kappa shape index (κ2) is 6.16. The van der Waals surface area contributed by atoms with Gasteiger partial charge in [0.1, 0.15) is 6.29 Å². The summed E-state index contributed by atoms with van der Waals surface area (Å²) in [7, 11) is 0. The molecule has 94 valence electrons. The van der Waals surface area contributed by atoms with Crippen LogP contribution < -0.4 is 0 Å². The number of nitrogens with zero attached hydrogens (tertiary/aromatic N) is 1. The van der Waals surface area contributed by atoms with Crippen molar-refractivity contribution < 1.29 is 4.79 Å². The minimum atomic E-state index is 0.493. The van der Waals surface area contributed by atoms with Gasteiger partial charge in [0.25, 0.3) is 0 Å². The van der Waals surface area contributed by atoms with Crippen LogP contribution in [0.1, 0.15) is 40.8 Å². The summed E-state index contributed by atoms with van der Waals surface area (Å²) in [5.74, 6) is 1.35. The summed E-state index contributed by atoms with van der Waals surface area (Å²) in [6, 6.07) is 7.66. The molecule has 1 aromatic carbocycles. The second-order valence-electron chi connectivity index (χ2n) is 4.31. The molecule has 0 aliphatic heterocycles. The van der Waals surface area contributed by atoms with Gasteiger partial charge in [-0.2, -0.15) is 0 Å². The van der Waals surface area contributed by atoms with Gasteiger partial charge in [-0.3, -0.25) is 4.79 Å². The Hall–Kier alpha value is -1.13. The third-order valence-electron chi connectivity index (χ3n) is 2.44. The van der Waals surface area contributed by atoms with Crippen LogP contribution in [0.3, 0.4) is 0 Å². The fraction of sp³-hybridized carbons (Fsp3) is 0.286. The zero-order valence-electron chi connectivity index (χ0n) is 10.4. The maximum atomic E-state index is 10.7. The lowest BCUT2D eigenvalue weighted by molar-refractivity contribution is 0.112. The van der Waals surface area contributed by atoms with Gasteiger partial charge >= 0.3 is 0 Å². The summed E-state index contributed by atoms with van der Waals surface area (Å²) in [6.45, 7) is 4.31. The minimum Gasteiger partial charge on any atom is -0.298 e. The Bertz CT molecular complexity index is 534. The third kappa shape index (κ3) is 3.43. The van der Waals surface area contributed by atoms with Crippen molar-refractivity contribution in [1.29, 1.82) is 0 Å². The van der Waals surface area contributed by atoms with E-state index in [1.807, 2.05) is 24.3 Å². The summed E-state index contributed by atoms with van der Waals surface area (Å²) in [6.07, 6.45) is 0.879. The van der Waals surface area contributed by atoms with Gasteiger partial charge in [-0.1, -0.05) is 26.0 Å². The Morgan fingerprint density at radius 3 is 2.94 bits per heavy atom. The lowest BCUT2D eigenvalue weighted by Crippen LogP contribution is -1.87. The van der Waals surface area contributed by atoms with Crippen LogP contribution in [0.5, 0.6) is 0 Å². The molecule has 1 aromatic heterocycles. The molecule has 0 unspecified atom stereocenters. The molecule has 18 heavy (non-hydrogen) atoms. The topological polar surface area (TPSA) is 30.0 Å². The van der Waals surface area contributed by atoms with Crippen LogP contribution in [0.2, 0.25) is 0 Å². The number of hydrogen-bond acceptors (Lipinski definition) is 4. The van der Waals surface area contributed by atoms with E-state index in [0.717, 1.165) is 28.2 Å². The maximum Gasteiger partial charge on any atom is 0.150 e. The fourth-order valence-electron chi connectivity index (χ4n) is 1.49. The first kappa shape index (κ1) is 13.3. The molecule has 0 N–H and O–H groups in total. The number of thioether (sulfide) groups is 1. The summed E-state index contributed by atoms with van der Waals surface area (Å²) in [5, 5.41) is 3.30. The molecule has 0 saturated heterocycles. The van der Waals surface area contributed by atoms with E-state index in [2.05, 4.69) is 24.2 Å². The summed E-state index contributed by atoms with van der Waals surface area (Å²) in [4.78, 5) is 16.4. The van der Waals surface area contributed by atoms with E-state index < -0.39 is 0 Å². The number of benzene rings is 1. The van der Waals surface area contributed by atoms with Crippen molar-refractivity contribution in [3.05, 3.63) is 45.9 Å². The molecule has 2 nitrogen and oxygen atoms in total. The highest BCUT2D eigenvalue weighted by molar-refractivity contribution is 7.98. The average molecular weight is 277 g/mol. The molecule has 4 heteroatoms. The minimum absolute atomic E-state index is 0.493. The van der Waals surface area contributed by atoms with Gasteiger partial charge in [0.2, 0.25) is 0 Å². The standard InChI is InChI=1S/C14H15NOS2/c1-10(2)14-15-12(9-18-14)8-17-13-5-3-4-11(6-13)7-16/h3-7,9-10H,8H2,1-2H3. The van der Waals surface area contributed by atoms with Crippen LogP contribution in [0.15, 0.2) is 34.5 Å². The first-order valence-electron chi connectivity index (χ1n) is 5.81. The molecule has 0 saturated carbocycles. The van der Waals surface area contributed by atoms with Crippen molar-refractivity contribution in [2.75, 3.05) is 0 Å². The van der Waals surface area contributed by atoms with E-state index >= 15 is 0 Å². The van der Waals surface area contributed by atoms with Crippen molar-refractivity contribution >= 4 is 29.4 Å². The maximum absolute atomic E-state index is 10.7. The number of rotatable bonds is 5. The lowest BCUT2D eigenvalue weighted by atomic mass is 10.2. The number of aromatic nitrogens is 1. The zero-order valence-corrected chi connectivity index (χ0v) is 12.1.